The number of phenolic OH excluding ortho intramolecular Hbond substituents is 2. The molecular weight excluding hydrogens is 328 g/mol. The largest absolute Gasteiger partial charge is 0.508 e. The van der Waals surface area contributed by atoms with Crippen LogP contribution >= 0.6 is 0 Å². The maximum absolute atomic E-state index is 11.7. The van der Waals surface area contributed by atoms with Crippen molar-refractivity contribution in [2.75, 3.05) is 0 Å². The normalized spacial score (nSPS) is 19.3. The van der Waals surface area contributed by atoms with E-state index in [4.69, 9.17) is 4.74 Å². The van der Waals surface area contributed by atoms with Gasteiger partial charge in [0.25, 0.3) is 0 Å². The Morgan fingerprint density at radius 3 is 1.85 bits per heavy atom. The van der Waals surface area contributed by atoms with Crippen molar-refractivity contribution in [3.05, 3.63) is 59.7 Å². The van der Waals surface area contributed by atoms with Crippen molar-refractivity contribution < 1.29 is 19.7 Å². The highest BCUT2D eigenvalue weighted by Gasteiger charge is 2.42. The van der Waals surface area contributed by atoms with Crippen molar-refractivity contribution in [3.8, 4) is 11.5 Å². The minimum absolute atomic E-state index is 0.129. The maximum Gasteiger partial charge on any atom is 0.306 e. The minimum Gasteiger partial charge on any atom is -0.508 e. The molecule has 0 aliphatic carbocycles. The molecule has 2 aromatic rings. The fourth-order valence-electron chi connectivity index (χ4n) is 3.89. The second-order valence-electron chi connectivity index (χ2n) is 7.94. The average Bonchev–Trinajstić information content (AvgIpc) is 2.85. The van der Waals surface area contributed by atoms with Crippen LogP contribution in [-0.2, 0) is 14.9 Å². The van der Waals surface area contributed by atoms with E-state index in [1.165, 1.54) is 0 Å². The predicted molar refractivity (Wildman–Crippen MR) is 100 cm³/mol. The van der Waals surface area contributed by atoms with E-state index in [1.54, 1.807) is 24.3 Å². The molecule has 4 nitrogen and oxygen atoms in total. The second-order valence-corrected chi connectivity index (χ2v) is 7.94. The van der Waals surface area contributed by atoms with Crippen LogP contribution in [0.2, 0.25) is 0 Å². The highest BCUT2D eigenvalue weighted by atomic mass is 16.6. The van der Waals surface area contributed by atoms with Crippen LogP contribution in [0, 0.1) is 5.92 Å². The van der Waals surface area contributed by atoms with Crippen LogP contribution in [0.1, 0.15) is 51.2 Å². The summed E-state index contributed by atoms with van der Waals surface area (Å²) in [5.74, 6) is 0.509. The lowest BCUT2D eigenvalue weighted by Crippen LogP contribution is -2.30. The van der Waals surface area contributed by atoms with Crippen LogP contribution in [0.3, 0.4) is 0 Å². The van der Waals surface area contributed by atoms with Crippen molar-refractivity contribution in [2.24, 2.45) is 5.92 Å². The van der Waals surface area contributed by atoms with Gasteiger partial charge in [-0.2, -0.15) is 0 Å². The highest BCUT2D eigenvalue weighted by Crippen LogP contribution is 2.42. The molecule has 1 atom stereocenters. The van der Waals surface area contributed by atoms with Gasteiger partial charge >= 0.3 is 5.97 Å². The van der Waals surface area contributed by atoms with E-state index in [9.17, 15) is 15.0 Å². The Labute approximate surface area is 154 Å². The molecule has 0 aromatic heterocycles. The van der Waals surface area contributed by atoms with Gasteiger partial charge in [0.15, 0.2) is 0 Å². The third-order valence-corrected chi connectivity index (χ3v) is 5.77. The molecular formula is C22H26O4. The Kier molecular flexibility index (Phi) is 4.70. The summed E-state index contributed by atoms with van der Waals surface area (Å²) >= 11 is 0. The lowest BCUT2D eigenvalue weighted by atomic mass is 9.70. The fraction of sp³-hybridized carbons (Fsp3) is 0.409. The molecule has 0 amide bonds. The minimum atomic E-state index is -0.443. The molecule has 138 valence electrons. The van der Waals surface area contributed by atoms with Crippen molar-refractivity contribution in [1.29, 1.82) is 0 Å². The summed E-state index contributed by atoms with van der Waals surface area (Å²) in [5, 5.41) is 19.3. The summed E-state index contributed by atoms with van der Waals surface area (Å²) in [7, 11) is 0. The van der Waals surface area contributed by atoms with Gasteiger partial charge in [-0.3, -0.25) is 4.79 Å². The SMILES string of the molecule is CC(CC[C@H]1CC(=O)OC1(C)C)(c1ccc(O)cc1)c1ccc(O)cc1. The first kappa shape index (κ1) is 18.3. The van der Waals surface area contributed by atoms with Crippen LogP contribution in [-0.4, -0.2) is 21.8 Å². The maximum atomic E-state index is 11.7. The van der Waals surface area contributed by atoms with Crippen molar-refractivity contribution in [1.82, 2.24) is 0 Å². The zero-order chi connectivity index (χ0) is 18.9. The number of esters is 1. The van der Waals surface area contributed by atoms with Gasteiger partial charge in [0.2, 0.25) is 0 Å². The van der Waals surface area contributed by atoms with Gasteiger partial charge in [-0.15, -0.1) is 0 Å². The molecule has 26 heavy (non-hydrogen) atoms. The molecule has 0 spiro atoms. The first-order valence-corrected chi connectivity index (χ1v) is 9.01. The van der Waals surface area contributed by atoms with E-state index < -0.39 is 5.60 Å². The number of ether oxygens (including phenoxy) is 1. The molecule has 2 aromatic carbocycles. The molecule has 1 heterocycles. The van der Waals surface area contributed by atoms with Crippen LogP contribution in [0.15, 0.2) is 48.5 Å². The zero-order valence-corrected chi connectivity index (χ0v) is 15.5. The molecule has 0 bridgehead atoms. The number of benzene rings is 2. The van der Waals surface area contributed by atoms with Crippen LogP contribution < -0.4 is 0 Å². The summed E-state index contributed by atoms with van der Waals surface area (Å²) in [6, 6.07) is 14.5. The first-order chi connectivity index (χ1) is 12.2. The number of cyclic esters (lactones) is 1. The number of carbonyl (C=O) groups excluding carboxylic acids is 1. The molecule has 0 saturated carbocycles. The summed E-state index contributed by atoms with van der Waals surface area (Å²) < 4.78 is 5.46. The van der Waals surface area contributed by atoms with E-state index in [0.717, 1.165) is 24.0 Å². The Morgan fingerprint density at radius 2 is 1.46 bits per heavy atom. The van der Waals surface area contributed by atoms with Gasteiger partial charge in [0.1, 0.15) is 17.1 Å². The molecule has 3 rings (SSSR count). The van der Waals surface area contributed by atoms with Crippen molar-refractivity contribution in [2.45, 2.75) is 51.0 Å². The smallest absolute Gasteiger partial charge is 0.306 e. The summed E-state index contributed by atoms with van der Waals surface area (Å²) in [5.41, 5.74) is 1.43. The average molecular weight is 354 g/mol. The highest BCUT2D eigenvalue weighted by molar-refractivity contribution is 5.72. The molecule has 0 unspecified atom stereocenters. The van der Waals surface area contributed by atoms with Gasteiger partial charge in [-0.05, 0) is 62.1 Å². The number of rotatable bonds is 5. The standard InChI is InChI=1S/C22H26O4/c1-21(2)17(14-20(25)26-21)12-13-22(3,15-4-8-18(23)9-5-15)16-6-10-19(24)11-7-16/h4-11,17,23-24H,12-14H2,1-3H3/t17-/m0/s1. The lowest BCUT2D eigenvalue weighted by Gasteiger charge is -2.34. The van der Waals surface area contributed by atoms with Gasteiger partial charge in [-0.25, -0.2) is 0 Å². The van der Waals surface area contributed by atoms with E-state index in [0.29, 0.717) is 6.42 Å². The number of carbonyl (C=O) groups is 1. The van der Waals surface area contributed by atoms with Gasteiger partial charge in [-0.1, -0.05) is 31.2 Å². The van der Waals surface area contributed by atoms with E-state index in [-0.39, 0.29) is 28.8 Å². The lowest BCUT2D eigenvalue weighted by molar-refractivity contribution is -0.146. The fourth-order valence-corrected chi connectivity index (χ4v) is 3.89. The Balaban J connectivity index is 1.92. The molecule has 1 saturated heterocycles. The summed E-state index contributed by atoms with van der Waals surface area (Å²) in [4.78, 5) is 11.7. The third-order valence-electron chi connectivity index (χ3n) is 5.77. The van der Waals surface area contributed by atoms with Gasteiger partial charge in [0, 0.05) is 11.3 Å². The van der Waals surface area contributed by atoms with E-state index in [2.05, 4.69) is 6.92 Å². The molecule has 2 N–H and O–H groups in total. The predicted octanol–water partition coefficient (Wildman–Crippen LogP) is 4.53. The van der Waals surface area contributed by atoms with E-state index in [1.807, 2.05) is 38.1 Å². The quantitative estimate of drug-likeness (QED) is 0.775. The Bertz CT molecular complexity index is 729. The Morgan fingerprint density at radius 1 is 1.00 bits per heavy atom. The third kappa shape index (κ3) is 3.55. The molecule has 0 radical (unpaired) electrons. The number of hydrogen-bond donors (Lipinski definition) is 2. The van der Waals surface area contributed by atoms with Gasteiger partial charge in [0.05, 0.1) is 6.42 Å². The second kappa shape index (κ2) is 6.67. The van der Waals surface area contributed by atoms with Crippen LogP contribution in [0.25, 0.3) is 0 Å². The first-order valence-electron chi connectivity index (χ1n) is 9.01. The number of phenols is 2. The van der Waals surface area contributed by atoms with Crippen molar-refractivity contribution >= 4 is 5.97 Å². The molecule has 4 heteroatoms. The van der Waals surface area contributed by atoms with Crippen LogP contribution in [0.5, 0.6) is 11.5 Å². The number of aromatic hydroxyl groups is 2. The topological polar surface area (TPSA) is 66.8 Å². The summed E-state index contributed by atoms with van der Waals surface area (Å²) in [6.45, 7) is 6.11. The van der Waals surface area contributed by atoms with Crippen molar-refractivity contribution in [3.63, 3.8) is 0 Å². The summed E-state index contributed by atoms with van der Waals surface area (Å²) in [6.07, 6.45) is 2.12. The molecule has 1 aliphatic rings. The van der Waals surface area contributed by atoms with Gasteiger partial charge < -0.3 is 14.9 Å². The molecule has 1 aliphatic heterocycles. The van der Waals surface area contributed by atoms with E-state index >= 15 is 0 Å². The van der Waals surface area contributed by atoms with Crippen LogP contribution in [0.4, 0.5) is 0 Å². The Hall–Kier alpha value is -2.49. The molecule has 1 fully saturated rings. The monoisotopic (exact) mass is 354 g/mol. The zero-order valence-electron chi connectivity index (χ0n) is 15.5. The number of hydrogen-bond acceptors (Lipinski definition) is 4.